The number of nitrogen functional groups attached to an aromatic ring is 1. The van der Waals surface area contributed by atoms with E-state index >= 15 is 0 Å². The summed E-state index contributed by atoms with van der Waals surface area (Å²) in [6, 6.07) is 1.88. The van der Waals surface area contributed by atoms with Gasteiger partial charge in [-0.15, -0.1) is 0 Å². The lowest BCUT2D eigenvalue weighted by molar-refractivity contribution is 0.361. The van der Waals surface area contributed by atoms with E-state index in [2.05, 4.69) is 33.2 Å². The molecule has 0 saturated heterocycles. The number of nitrogens with one attached hydrogen (secondary N) is 1. The minimum atomic E-state index is 0.418. The van der Waals surface area contributed by atoms with E-state index in [0.29, 0.717) is 11.1 Å². The largest absolute Gasteiger partial charge is 0.396 e. The highest BCUT2D eigenvalue weighted by Crippen LogP contribution is 2.37. The van der Waals surface area contributed by atoms with Gasteiger partial charge >= 0.3 is 0 Å². The molecule has 1 aliphatic rings. The van der Waals surface area contributed by atoms with Gasteiger partial charge in [-0.1, -0.05) is 19.8 Å². The summed E-state index contributed by atoms with van der Waals surface area (Å²) < 4.78 is 0.919. The smallest absolute Gasteiger partial charge is 0.149 e. The molecule has 1 saturated carbocycles. The number of halogens is 1. The van der Waals surface area contributed by atoms with Crippen LogP contribution in [0.5, 0.6) is 0 Å². The fourth-order valence-electron chi connectivity index (χ4n) is 2.31. The maximum atomic E-state index is 5.89. The van der Waals surface area contributed by atoms with Crippen LogP contribution in [0, 0.1) is 5.41 Å². The number of hydrogen-bond donors (Lipinski definition) is 2. The van der Waals surface area contributed by atoms with E-state index in [1.807, 2.05) is 6.07 Å². The highest BCUT2D eigenvalue weighted by Gasteiger charge is 2.28. The first-order chi connectivity index (χ1) is 7.59. The molecule has 0 unspecified atom stereocenters. The van der Waals surface area contributed by atoms with Gasteiger partial charge in [-0.25, -0.2) is 4.98 Å². The van der Waals surface area contributed by atoms with Gasteiger partial charge in [-0.2, -0.15) is 0 Å². The number of nitrogens with zero attached hydrogens (tertiary/aromatic N) is 1. The van der Waals surface area contributed by atoms with Crippen molar-refractivity contribution in [1.29, 1.82) is 0 Å². The third-order valence-corrected chi connectivity index (χ3v) is 3.81. The molecule has 3 nitrogen and oxygen atoms in total. The topological polar surface area (TPSA) is 50.9 Å². The molecule has 1 heterocycles. The zero-order valence-electron chi connectivity index (χ0n) is 9.59. The van der Waals surface area contributed by atoms with Crippen molar-refractivity contribution >= 4 is 27.4 Å². The average Bonchev–Trinajstić information content (AvgIpc) is 2.64. The van der Waals surface area contributed by atoms with Gasteiger partial charge in [-0.3, -0.25) is 0 Å². The van der Waals surface area contributed by atoms with Crippen molar-refractivity contribution in [2.45, 2.75) is 32.6 Å². The minimum absolute atomic E-state index is 0.418. The van der Waals surface area contributed by atoms with Gasteiger partial charge in [0.05, 0.1) is 5.69 Å². The fraction of sp³-hybridized carbons (Fsp3) is 0.583. The van der Waals surface area contributed by atoms with E-state index in [1.54, 1.807) is 6.20 Å². The first-order valence-electron chi connectivity index (χ1n) is 5.74. The predicted molar refractivity (Wildman–Crippen MR) is 71.4 cm³/mol. The van der Waals surface area contributed by atoms with Crippen molar-refractivity contribution in [2.75, 3.05) is 17.6 Å². The van der Waals surface area contributed by atoms with Gasteiger partial charge < -0.3 is 11.1 Å². The molecule has 1 aliphatic carbocycles. The summed E-state index contributed by atoms with van der Waals surface area (Å²) >= 11 is 3.35. The van der Waals surface area contributed by atoms with E-state index < -0.39 is 0 Å². The van der Waals surface area contributed by atoms with Crippen LogP contribution in [-0.2, 0) is 0 Å². The number of anilines is 2. The molecule has 2 rings (SSSR count). The number of aromatic nitrogens is 1. The van der Waals surface area contributed by atoms with Crippen LogP contribution in [0.1, 0.15) is 32.6 Å². The summed E-state index contributed by atoms with van der Waals surface area (Å²) in [7, 11) is 0. The van der Waals surface area contributed by atoms with Gasteiger partial charge in [0.15, 0.2) is 0 Å². The maximum Gasteiger partial charge on any atom is 0.149 e. The van der Waals surface area contributed by atoms with Crippen molar-refractivity contribution in [3.8, 4) is 0 Å². The second-order valence-electron chi connectivity index (χ2n) is 4.96. The molecule has 1 aromatic rings. The number of nitrogens with two attached hydrogens (primary N) is 1. The Hall–Kier alpha value is -0.770. The average molecular weight is 284 g/mol. The lowest BCUT2D eigenvalue weighted by Crippen LogP contribution is -2.23. The molecule has 0 amide bonds. The lowest BCUT2D eigenvalue weighted by atomic mass is 9.89. The second-order valence-corrected chi connectivity index (χ2v) is 5.88. The van der Waals surface area contributed by atoms with Crippen molar-refractivity contribution < 1.29 is 0 Å². The van der Waals surface area contributed by atoms with Crippen LogP contribution in [0.3, 0.4) is 0 Å². The Morgan fingerprint density at radius 1 is 1.50 bits per heavy atom. The molecule has 0 aliphatic heterocycles. The van der Waals surface area contributed by atoms with E-state index in [0.717, 1.165) is 16.8 Å². The van der Waals surface area contributed by atoms with Gasteiger partial charge in [-0.05, 0) is 40.3 Å². The molecule has 0 radical (unpaired) electrons. The van der Waals surface area contributed by atoms with Crippen LogP contribution in [-0.4, -0.2) is 11.5 Å². The summed E-state index contributed by atoms with van der Waals surface area (Å²) in [5.74, 6) is 0.802. The van der Waals surface area contributed by atoms with Crippen LogP contribution in [0.25, 0.3) is 0 Å². The molecule has 4 heteroatoms. The molecule has 0 atom stereocenters. The lowest BCUT2D eigenvalue weighted by Gasteiger charge is -2.24. The Labute approximate surface area is 105 Å². The van der Waals surface area contributed by atoms with Gasteiger partial charge in [0.25, 0.3) is 0 Å². The first kappa shape index (κ1) is 11.7. The van der Waals surface area contributed by atoms with E-state index in [9.17, 15) is 0 Å². The molecule has 1 aromatic heterocycles. The quantitative estimate of drug-likeness (QED) is 0.894. The van der Waals surface area contributed by atoms with Crippen LogP contribution in [0.15, 0.2) is 16.7 Å². The third kappa shape index (κ3) is 2.67. The molecular formula is C12H18BrN3. The van der Waals surface area contributed by atoms with Crippen LogP contribution in [0.4, 0.5) is 11.5 Å². The first-order valence-corrected chi connectivity index (χ1v) is 6.53. The van der Waals surface area contributed by atoms with Crippen LogP contribution < -0.4 is 11.1 Å². The Morgan fingerprint density at radius 2 is 2.19 bits per heavy atom. The van der Waals surface area contributed by atoms with E-state index in [4.69, 9.17) is 5.73 Å². The molecule has 0 spiro atoms. The molecule has 1 fully saturated rings. The Bertz CT molecular complexity index is 373. The molecule has 0 aromatic carbocycles. The molecular weight excluding hydrogens is 266 g/mol. The number of pyridine rings is 1. The maximum absolute atomic E-state index is 5.89. The summed E-state index contributed by atoms with van der Waals surface area (Å²) in [5, 5.41) is 3.37. The summed E-state index contributed by atoms with van der Waals surface area (Å²) in [5.41, 5.74) is 7.02. The molecule has 16 heavy (non-hydrogen) atoms. The van der Waals surface area contributed by atoms with Crippen molar-refractivity contribution in [3.05, 3.63) is 16.7 Å². The highest BCUT2D eigenvalue weighted by molar-refractivity contribution is 9.10. The van der Waals surface area contributed by atoms with Gasteiger partial charge in [0.2, 0.25) is 0 Å². The summed E-state index contributed by atoms with van der Waals surface area (Å²) in [4.78, 5) is 4.29. The summed E-state index contributed by atoms with van der Waals surface area (Å²) in [6.45, 7) is 3.30. The van der Waals surface area contributed by atoms with Crippen molar-refractivity contribution in [2.24, 2.45) is 5.41 Å². The normalized spacial score (nSPS) is 18.6. The second kappa shape index (κ2) is 4.62. The Morgan fingerprint density at radius 3 is 2.81 bits per heavy atom. The van der Waals surface area contributed by atoms with Gasteiger partial charge in [0.1, 0.15) is 5.82 Å². The summed E-state index contributed by atoms with van der Waals surface area (Å²) in [6.07, 6.45) is 7.07. The van der Waals surface area contributed by atoms with E-state index in [1.165, 1.54) is 25.7 Å². The predicted octanol–water partition coefficient (Wildman–Crippen LogP) is 3.42. The molecule has 3 N–H and O–H groups in total. The third-order valence-electron chi connectivity index (χ3n) is 3.38. The Kier molecular flexibility index (Phi) is 3.38. The van der Waals surface area contributed by atoms with Gasteiger partial charge in [0, 0.05) is 17.2 Å². The molecule has 88 valence electrons. The fourth-order valence-corrected chi connectivity index (χ4v) is 2.65. The van der Waals surface area contributed by atoms with Crippen LogP contribution in [0.2, 0.25) is 0 Å². The molecule has 0 bridgehead atoms. The zero-order chi connectivity index (χ0) is 11.6. The highest BCUT2D eigenvalue weighted by atomic mass is 79.9. The standard InChI is InChI=1S/C12H18BrN3/c1-12(4-2-3-5-12)8-16-11-10(14)6-9(13)7-15-11/h6-7H,2-5,8,14H2,1H3,(H,15,16). The SMILES string of the molecule is CC1(CNc2ncc(Br)cc2N)CCCC1. The van der Waals surface area contributed by atoms with Crippen molar-refractivity contribution in [1.82, 2.24) is 4.98 Å². The van der Waals surface area contributed by atoms with Crippen LogP contribution >= 0.6 is 15.9 Å². The number of rotatable bonds is 3. The minimum Gasteiger partial charge on any atom is -0.396 e. The zero-order valence-corrected chi connectivity index (χ0v) is 11.2. The van der Waals surface area contributed by atoms with E-state index in [-0.39, 0.29) is 0 Å². The van der Waals surface area contributed by atoms with Crippen molar-refractivity contribution in [3.63, 3.8) is 0 Å². The number of hydrogen-bond acceptors (Lipinski definition) is 3. The Balaban J connectivity index is 1.99. The monoisotopic (exact) mass is 283 g/mol.